The van der Waals surface area contributed by atoms with Gasteiger partial charge >= 0.3 is 0 Å². The number of rotatable bonds is 2. The lowest BCUT2D eigenvalue weighted by atomic mass is 10.4. The highest BCUT2D eigenvalue weighted by Crippen LogP contribution is 2.21. The van der Waals surface area contributed by atoms with Crippen molar-refractivity contribution in [2.24, 2.45) is 0 Å². The van der Waals surface area contributed by atoms with E-state index in [4.69, 9.17) is 23.2 Å². The molecule has 0 unspecified atom stereocenters. The Bertz CT molecular complexity index is 458. The van der Waals surface area contributed by atoms with Crippen LogP contribution in [0.3, 0.4) is 0 Å². The third-order valence-corrected chi connectivity index (χ3v) is 4.43. The zero-order valence-corrected chi connectivity index (χ0v) is 10.8. The van der Waals surface area contributed by atoms with Crippen molar-refractivity contribution >= 4 is 41.6 Å². The van der Waals surface area contributed by atoms with E-state index in [1.807, 2.05) is 0 Å². The van der Waals surface area contributed by atoms with Crippen molar-refractivity contribution in [2.75, 3.05) is 0 Å². The Morgan fingerprint density at radius 2 is 1.00 bits per heavy atom. The Morgan fingerprint density at radius 1 is 0.688 bits per heavy atom. The van der Waals surface area contributed by atoms with Crippen LogP contribution in [0.1, 0.15) is 0 Å². The largest absolute Gasteiger partial charge is 0.317 e. The third kappa shape index (κ3) is 2.68. The lowest BCUT2D eigenvalue weighted by molar-refractivity contribution is 0.598. The van der Waals surface area contributed by atoms with E-state index in [0.29, 0.717) is 10.0 Å². The summed E-state index contributed by atoms with van der Waals surface area (Å²) in [5.41, 5.74) is 0. The van der Waals surface area contributed by atoms with E-state index in [-0.39, 0.29) is 0 Å². The maximum Gasteiger partial charge on any atom is 0.131 e. The summed E-state index contributed by atoms with van der Waals surface area (Å²) in [5, 5.41) is 2.90. The second-order valence-electron chi connectivity index (χ2n) is 3.34. The highest BCUT2D eigenvalue weighted by Gasteiger charge is 2.06. The van der Waals surface area contributed by atoms with Gasteiger partial charge in [-0.05, 0) is 48.5 Å². The first kappa shape index (κ1) is 11.7. The smallest absolute Gasteiger partial charge is 0.131 e. The van der Waals surface area contributed by atoms with Gasteiger partial charge in [-0.15, -0.1) is 0 Å². The molecule has 0 saturated carbocycles. The molecule has 0 spiro atoms. The maximum atomic E-state index is 12.2. The predicted octanol–water partition coefficient (Wildman–Crippen LogP) is 3.50. The molecular formula is C12H9Cl2OP. The number of hydrogen-bond acceptors (Lipinski definition) is 1. The lowest BCUT2D eigenvalue weighted by Gasteiger charge is -2.02. The monoisotopic (exact) mass is 270 g/mol. The van der Waals surface area contributed by atoms with Crippen LogP contribution < -0.4 is 10.6 Å². The van der Waals surface area contributed by atoms with Gasteiger partial charge in [-0.3, -0.25) is 0 Å². The predicted molar refractivity (Wildman–Crippen MR) is 71.2 cm³/mol. The summed E-state index contributed by atoms with van der Waals surface area (Å²) < 4.78 is 12.2. The van der Waals surface area contributed by atoms with Gasteiger partial charge in [-0.25, -0.2) is 0 Å². The average Bonchev–Trinajstić information content (AvgIpc) is 2.30. The first-order valence-corrected chi connectivity index (χ1v) is 6.89. The van der Waals surface area contributed by atoms with Gasteiger partial charge in [0, 0.05) is 20.7 Å². The summed E-state index contributed by atoms with van der Waals surface area (Å²) in [7, 11) is -1.95. The van der Waals surface area contributed by atoms with Crippen LogP contribution in [0.15, 0.2) is 48.5 Å². The van der Waals surface area contributed by atoms with Crippen molar-refractivity contribution in [3.63, 3.8) is 0 Å². The summed E-state index contributed by atoms with van der Waals surface area (Å²) in [5.74, 6) is 0. The Balaban J connectivity index is 2.32. The van der Waals surface area contributed by atoms with Gasteiger partial charge in [0.2, 0.25) is 0 Å². The van der Waals surface area contributed by atoms with Crippen molar-refractivity contribution < 1.29 is 4.57 Å². The minimum atomic E-state index is -1.95. The van der Waals surface area contributed by atoms with Crippen LogP contribution in [-0.4, -0.2) is 0 Å². The first-order valence-electron chi connectivity index (χ1n) is 4.72. The Labute approximate surface area is 105 Å². The van der Waals surface area contributed by atoms with Crippen molar-refractivity contribution in [1.29, 1.82) is 0 Å². The van der Waals surface area contributed by atoms with Crippen LogP contribution in [0.4, 0.5) is 0 Å². The molecule has 0 radical (unpaired) electrons. The van der Waals surface area contributed by atoms with Gasteiger partial charge in [0.05, 0.1) is 0 Å². The van der Waals surface area contributed by atoms with Gasteiger partial charge < -0.3 is 4.57 Å². The minimum absolute atomic E-state index is 0.648. The van der Waals surface area contributed by atoms with E-state index in [2.05, 4.69) is 0 Å². The fourth-order valence-electron chi connectivity index (χ4n) is 1.37. The molecule has 2 aromatic carbocycles. The van der Waals surface area contributed by atoms with E-state index in [0.717, 1.165) is 10.6 Å². The SMILES string of the molecule is O=[PH](c1ccc(Cl)cc1)c1ccc(Cl)cc1. The van der Waals surface area contributed by atoms with Crippen molar-refractivity contribution in [2.45, 2.75) is 0 Å². The lowest BCUT2D eigenvalue weighted by Crippen LogP contribution is -2.05. The molecule has 0 heterocycles. The van der Waals surface area contributed by atoms with Crippen molar-refractivity contribution in [1.82, 2.24) is 0 Å². The van der Waals surface area contributed by atoms with Crippen LogP contribution in [0.5, 0.6) is 0 Å². The van der Waals surface area contributed by atoms with E-state index in [1.54, 1.807) is 48.5 Å². The normalized spacial score (nSPS) is 10.7. The molecule has 16 heavy (non-hydrogen) atoms. The molecule has 2 rings (SSSR count). The fraction of sp³-hybridized carbons (Fsp3) is 0. The van der Waals surface area contributed by atoms with Crippen LogP contribution in [0.2, 0.25) is 10.0 Å². The second kappa shape index (κ2) is 5.05. The zero-order valence-electron chi connectivity index (χ0n) is 8.28. The molecule has 0 N–H and O–H groups in total. The number of benzene rings is 2. The standard InChI is InChI=1S/C12H9Cl2OP/c13-9-1-5-11(6-2-9)16(15)12-7-3-10(14)4-8-12/h1-8,16H. The second-order valence-corrected chi connectivity index (χ2v) is 6.03. The molecule has 0 aromatic heterocycles. The van der Waals surface area contributed by atoms with Crippen LogP contribution in [-0.2, 0) is 4.57 Å². The molecule has 0 atom stereocenters. The van der Waals surface area contributed by atoms with Crippen LogP contribution in [0, 0.1) is 0 Å². The summed E-state index contributed by atoms with van der Waals surface area (Å²) in [6.45, 7) is 0. The highest BCUT2D eigenvalue weighted by atomic mass is 35.5. The summed E-state index contributed by atoms with van der Waals surface area (Å²) in [6.07, 6.45) is 0. The van der Waals surface area contributed by atoms with E-state index >= 15 is 0 Å². The molecule has 2 aromatic rings. The molecule has 4 heteroatoms. The van der Waals surface area contributed by atoms with E-state index < -0.39 is 7.80 Å². The molecule has 0 saturated heterocycles. The minimum Gasteiger partial charge on any atom is -0.317 e. The van der Waals surface area contributed by atoms with Crippen molar-refractivity contribution in [3.8, 4) is 0 Å². The van der Waals surface area contributed by atoms with Crippen molar-refractivity contribution in [3.05, 3.63) is 58.6 Å². The molecule has 0 bridgehead atoms. The van der Waals surface area contributed by atoms with Gasteiger partial charge in [0.25, 0.3) is 0 Å². The summed E-state index contributed by atoms with van der Waals surface area (Å²) >= 11 is 11.5. The molecular weight excluding hydrogens is 262 g/mol. The van der Waals surface area contributed by atoms with E-state index in [9.17, 15) is 4.57 Å². The molecule has 0 fully saturated rings. The van der Waals surface area contributed by atoms with Gasteiger partial charge in [-0.1, -0.05) is 23.2 Å². The van der Waals surface area contributed by atoms with E-state index in [1.165, 1.54) is 0 Å². The summed E-state index contributed by atoms with van der Waals surface area (Å²) in [6, 6.07) is 14.1. The average molecular weight is 271 g/mol. The molecule has 0 amide bonds. The third-order valence-electron chi connectivity index (χ3n) is 2.21. The number of halogens is 2. The quantitative estimate of drug-likeness (QED) is 0.764. The fourth-order valence-corrected chi connectivity index (χ4v) is 2.89. The Hall–Kier alpha value is -0.750. The Morgan fingerprint density at radius 3 is 1.31 bits per heavy atom. The maximum absolute atomic E-state index is 12.2. The molecule has 0 aliphatic heterocycles. The summed E-state index contributed by atoms with van der Waals surface area (Å²) in [4.78, 5) is 0. The molecule has 0 aliphatic carbocycles. The highest BCUT2D eigenvalue weighted by molar-refractivity contribution is 7.61. The van der Waals surface area contributed by atoms with Crippen LogP contribution >= 0.6 is 31.0 Å². The molecule has 1 nitrogen and oxygen atoms in total. The molecule has 82 valence electrons. The first-order chi connectivity index (χ1) is 7.66. The number of hydrogen-bond donors (Lipinski definition) is 0. The van der Waals surface area contributed by atoms with Gasteiger partial charge in [0.1, 0.15) is 7.80 Å². The van der Waals surface area contributed by atoms with Crippen LogP contribution in [0.25, 0.3) is 0 Å². The zero-order chi connectivity index (χ0) is 11.5. The molecule has 0 aliphatic rings. The van der Waals surface area contributed by atoms with Gasteiger partial charge in [-0.2, -0.15) is 0 Å². The van der Waals surface area contributed by atoms with Gasteiger partial charge in [0.15, 0.2) is 0 Å². The topological polar surface area (TPSA) is 17.1 Å². The Kier molecular flexibility index (Phi) is 3.70.